The number of hydrogen-bond donors (Lipinski definition) is 1. The van der Waals surface area contributed by atoms with Crippen LogP contribution in [0.1, 0.15) is 27.0 Å². The van der Waals surface area contributed by atoms with Crippen LogP contribution in [0.5, 0.6) is 6.01 Å². The maximum Gasteiger partial charge on any atom is 0.435 e. The van der Waals surface area contributed by atoms with Crippen LogP contribution in [0, 0.1) is 0 Å². The van der Waals surface area contributed by atoms with E-state index in [1.54, 1.807) is 5.48 Å². The van der Waals surface area contributed by atoms with Crippen LogP contribution in [0.15, 0.2) is 77.7 Å². The second-order valence-corrected chi connectivity index (χ2v) is 17.2. The van der Waals surface area contributed by atoms with Crippen LogP contribution in [0.4, 0.5) is 44.3 Å². The first-order chi connectivity index (χ1) is 24.6. The van der Waals surface area contributed by atoms with E-state index >= 15 is 0 Å². The van der Waals surface area contributed by atoms with Gasteiger partial charge in [-0.25, -0.2) is 4.79 Å². The summed E-state index contributed by atoms with van der Waals surface area (Å²) in [6, 6.07) is 19.8. The van der Waals surface area contributed by atoms with Gasteiger partial charge in [0.25, 0.3) is 13.9 Å². The molecule has 290 valence electrons. The molecule has 2 aliphatic heterocycles. The zero-order chi connectivity index (χ0) is 39.0. The minimum absolute atomic E-state index is 0.177. The Hall–Kier alpha value is -4.18. The highest BCUT2D eigenvalue weighted by Crippen LogP contribution is 2.54. The number of ether oxygens (including phenoxy) is 4. The molecule has 4 atom stereocenters. The Balaban J connectivity index is 1.35. The summed E-state index contributed by atoms with van der Waals surface area (Å²) < 4.78 is 147. The van der Waals surface area contributed by atoms with Gasteiger partial charge in [-0.1, -0.05) is 81.4 Å². The summed E-state index contributed by atoms with van der Waals surface area (Å²) >= 11 is 0. The van der Waals surface area contributed by atoms with Gasteiger partial charge in [-0.05, 0) is 15.4 Å². The summed E-state index contributed by atoms with van der Waals surface area (Å²) in [5.74, 6) is 0. The number of carbonyl (C=O) groups excluding carboxylic acids is 1. The molecule has 2 aromatic carbocycles. The topological polar surface area (TPSA) is 119 Å². The highest BCUT2D eigenvalue weighted by atomic mass is 28.4. The van der Waals surface area contributed by atoms with Crippen molar-refractivity contribution in [2.45, 2.75) is 74.5 Å². The van der Waals surface area contributed by atoms with Gasteiger partial charge in [-0.15, -0.1) is 0 Å². The molecule has 3 aromatic rings. The van der Waals surface area contributed by atoms with Gasteiger partial charge < -0.3 is 23.4 Å². The summed E-state index contributed by atoms with van der Waals surface area (Å²) in [7, 11) is -3.20. The van der Waals surface area contributed by atoms with Crippen molar-refractivity contribution in [1.29, 1.82) is 0 Å². The Morgan fingerprint density at radius 3 is 1.91 bits per heavy atom. The quantitative estimate of drug-likeness (QED) is 0.125. The van der Waals surface area contributed by atoms with Crippen molar-refractivity contribution < 1.29 is 72.5 Å². The number of halogens is 9. The molecule has 21 heteroatoms. The minimum Gasteiger partial charge on any atom is -0.452 e. The summed E-state index contributed by atoms with van der Waals surface area (Å²) in [4.78, 5) is 33.0. The summed E-state index contributed by atoms with van der Waals surface area (Å²) in [6.45, 7) is 2.50. The molecular weight excluding hydrogens is 753 g/mol. The first-order valence-electron chi connectivity index (χ1n) is 15.7. The lowest BCUT2D eigenvalue weighted by atomic mass is 10.0. The number of nitrogens with one attached hydrogen (secondary N) is 1. The molecule has 0 bridgehead atoms. The van der Waals surface area contributed by atoms with E-state index in [0.29, 0.717) is 0 Å². The van der Waals surface area contributed by atoms with Gasteiger partial charge in [0.1, 0.15) is 6.10 Å². The average Bonchev–Trinajstić information content (AvgIpc) is 3.56. The van der Waals surface area contributed by atoms with Gasteiger partial charge in [-0.3, -0.25) is 14.2 Å². The first-order valence-corrected chi connectivity index (χ1v) is 17.6. The smallest absolute Gasteiger partial charge is 0.435 e. The van der Waals surface area contributed by atoms with Gasteiger partial charge >= 0.3 is 36.2 Å². The zero-order valence-electron chi connectivity index (χ0n) is 27.9. The molecule has 1 aromatic heterocycles. The number of fused-ring (bicyclic) bond motifs is 3. The largest absolute Gasteiger partial charge is 0.452 e. The number of carbonyl (C=O) groups is 1. The van der Waals surface area contributed by atoms with Crippen LogP contribution in [0.25, 0.3) is 0 Å². The first kappa shape index (κ1) is 40.0. The molecule has 0 unspecified atom stereocenters. The fraction of sp³-hybridized carbons (Fsp3) is 0.469. The number of aromatic nitrogens is 2. The predicted molar refractivity (Wildman–Crippen MR) is 167 cm³/mol. The Kier molecular flexibility index (Phi) is 11.0. The third-order valence-corrected chi connectivity index (χ3v) is 13.6. The second-order valence-electron chi connectivity index (χ2n) is 12.9. The lowest BCUT2D eigenvalue weighted by Gasteiger charge is -2.43. The van der Waals surface area contributed by atoms with Crippen LogP contribution in [0.2, 0.25) is 5.04 Å². The Labute approximate surface area is 296 Å². The molecule has 5 rings (SSSR count). The molecule has 1 fully saturated rings. The summed E-state index contributed by atoms with van der Waals surface area (Å²) in [5, 5.41) is 1.30. The lowest BCUT2D eigenvalue weighted by molar-refractivity contribution is -0.458. The van der Waals surface area contributed by atoms with Crippen molar-refractivity contribution in [3.63, 3.8) is 0 Å². The normalized spacial score (nSPS) is 20.8. The summed E-state index contributed by atoms with van der Waals surface area (Å²) in [5.41, 5.74) is -5.58. The SMILES string of the molecule is CC(C)(C)[Si](OC[C@H]1O[C@@H]2[C@@H](Oc3nc(=O)ccn32)[C@@H]1OC(=O)NOCCOC(C(F)(F)F)(C(F)(F)F)C(F)(F)F)(c1ccccc1)c1ccccc1. The molecule has 0 spiro atoms. The monoisotopic (exact) mass is 785 g/mol. The fourth-order valence-corrected chi connectivity index (χ4v) is 10.9. The Bertz CT molecular complexity index is 1710. The Morgan fingerprint density at radius 2 is 1.40 bits per heavy atom. The molecule has 1 saturated heterocycles. The molecular formula is C32H32F9N3O8Si. The molecule has 0 saturated carbocycles. The van der Waals surface area contributed by atoms with E-state index in [-0.39, 0.29) is 12.6 Å². The number of nitrogens with zero attached hydrogens (tertiary/aromatic N) is 2. The number of hydrogen-bond acceptors (Lipinski definition) is 9. The van der Waals surface area contributed by atoms with E-state index in [1.165, 1.54) is 10.8 Å². The number of amides is 1. The molecule has 1 N–H and O–H groups in total. The van der Waals surface area contributed by atoms with Gasteiger partial charge in [0.15, 0.2) is 18.4 Å². The molecule has 3 heterocycles. The van der Waals surface area contributed by atoms with Crippen LogP contribution >= 0.6 is 0 Å². The van der Waals surface area contributed by atoms with Crippen LogP contribution < -0.4 is 26.1 Å². The van der Waals surface area contributed by atoms with E-state index in [9.17, 15) is 49.1 Å². The van der Waals surface area contributed by atoms with E-state index < -0.39 is 86.9 Å². The van der Waals surface area contributed by atoms with E-state index in [1.807, 2.05) is 81.4 Å². The molecule has 0 aliphatic carbocycles. The van der Waals surface area contributed by atoms with E-state index in [4.69, 9.17) is 18.6 Å². The van der Waals surface area contributed by atoms with Crippen LogP contribution in [-0.4, -0.2) is 86.2 Å². The molecule has 0 radical (unpaired) electrons. The molecule has 11 nitrogen and oxygen atoms in total. The molecule has 2 aliphatic rings. The molecule has 1 amide bonds. The third kappa shape index (κ3) is 7.48. The van der Waals surface area contributed by atoms with E-state index in [2.05, 4.69) is 14.6 Å². The Morgan fingerprint density at radius 1 is 0.849 bits per heavy atom. The van der Waals surface area contributed by atoms with Crippen molar-refractivity contribution in [3.05, 3.63) is 83.3 Å². The van der Waals surface area contributed by atoms with Gasteiger partial charge in [0, 0.05) is 12.3 Å². The van der Waals surface area contributed by atoms with Gasteiger partial charge in [-0.2, -0.15) is 50.0 Å². The number of alkyl halides is 9. The van der Waals surface area contributed by atoms with Crippen molar-refractivity contribution in [2.75, 3.05) is 19.8 Å². The third-order valence-electron chi connectivity index (χ3n) is 8.59. The average molecular weight is 786 g/mol. The fourth-order valence-electron chi connectivity index (χ4n) is 6.32. The van der Waals surface area contributed by atoms with Crippen LogP contribution in [-0.2, 0) is 23.5 Å². The molecule has 53 heavy (non-hydrogen) atoms. The van der Waals surface area contributed by atoms with Gasteiger partial charge in [0.2, 0.25) is 0 Å². The number of rotatable bonds is 11. The van der Waals surface area contributed by atoms with E-state index in [0.717, 1.165) is 16.4 Å². The van der Waals surface area contributed by atoms with Crippen LogP contribution in [0.3, 0.4) is 0 Å². The van der Waals surface area contributed by atoms with Crippen molar-refractivity contribution in [2.24, 2.45) is 0 Å². The number of benzene rings is 2. The van der Waals surface area contributed by atoms with Gasteiger partial charge in [0.05, 0.1) is 19.8 Å². The minimum atomic E-state index is -6.95. The standard InChI is InChI=1S/C32H32F9N3O8Si/c1-28(2,3)53(19-10-6-4-7-11-19,20-12-8-5-9-13-20)49-18-21-23(24-25(50-21)44-15-14-22(45)42-26(44)51-24)52-27(46)43-48-17-16-47-29(30(33,34)35,31(36,37)38)32(39,40)41/h4-15,21,23-25H,16-18H2,1-3H3,(H,43,46)/t21-,23-,24+,25-/m1/s1. The lowest BCUT2D eigenvalue weighted by Crippen LogP contribution is -2.68. The zero-order valence-corrected chi connectivity index (χ0v) is 28.9. The predicted octanol–water partition coefficient (Wildman–Crippen LogP) is 4.95. The number of hydroxylamine groups is 1. The maximum absolute atomic E-state index is 13.1. The van der Waals surface area contributed by atoms with Crippen molar-refractivity contribution in [3.8, 4) is 6.01 Å². The summed E-state index contributed by atoms with van der Waals surface area (Å²) in [6.07, 6.45) is -25.6. The van der Waals surface area contributed by atoms with Crippen molar-refractivity contribution >= 4 is 24.8 Å². The highest BCUT2D eigenvalue weighted by Gasteiger charge is 2.85. The second kappa shape index (κ2) is 14.6. The van der Waals surface area contributed by atoms with Crippen molar-refractivity contribution in [1.82, 2.24) is 15.0 Å². The maximum atomic E-state index is 13.1. The highest BCUT2D eigenvalue weighted by molar-refractivity contribution is 6.99.